The first-order valence-electron chi connectivity index (χ1n) is 8.76. The lowest BCUT2D eigenvalue weighted by Gasteiger charge is -2.09. The summed E-state index contributed by atoms with van der Waals surface area (Å²) in [5, 5.41) is 5.15. The summed E-state index contributed by atoms with van der Waals surface area (Å²) in [6.45, 7) is 0.349. The van der Waals surface area contributed by atoms with Crippen LogP contribution in [-0.4, -0.2) is 15.5 Å². The number of carbonyl (C=O) groups is 1. The van der Waals surface area contributed by atoms with Crippen molar-refractivity contribution in [3.63, 3.8) is 0 Å². The fourth-order valence-electron chi connectivity index (χ4n) is 3.35. The van der Waals surface area contributed by atoms with E-state index in [9.17, 15) is 4.79 Å². The van der Waals surface area contributed by atoms with Crippen LogP contribution in [0.5, 0.6) is 0 Å². The third-order valence-electron chi connectivity index (χ3n) is 4.67. The van der Waals surface area contributed by atoms with Crippen LogP contribution in [0.25, 0.3) is 22.0 Å². The summed E-state index contributed by atoms with van der Waals surface area (Å²) >= 11 is 12.3. The molecule has 0 aliphatic heterocycles. The number of aromatic nitrogens is 2. The zero-order chi connectivity index (χ0) is 19.7. The maximum Gasteiger partial charge on any atom is 0.268 e. The number of nitrogens with one attached hydrogen (secondary N) is 1. The lowest BCUT2D eigenvalue weighted by Crippen LogP contribution is -2.25. The van der Waals surface area contributed by atoms with Crippen LogP contribution in [0.2, 0.25) is 10.0 Å². The molecular formula is C22H17Cl2N3O. The Morgan fingerprint density at radius 2 is 1.79 bits per heavy atom. The second kappa shape index (κ2) is 7.66. The molecule has 0 unspecified atom stereocenters. The molecule has 2 aromatic carbocycles. The number of fused-ring (bicyclic) bond motifs is 1. The van der Waals surface area contributed by atoms with E-state index >= 15 is 0 Å². The number of aryl methyl sites for hydroxylation is 1. The summed E-state index contributed by atoms with van der Waals surface area (Å²) in [4.78, 5) is 17.4. The van der Waals surface area contributed by atoms with Crippen LogP contribution in [0.1, 0.15) is 16.2 Å². The number of nitrogens with zero attached hydrogens (tertiary/aromatic N) is 2. The topological polar surface area (TPSA) is 46.9 Å². The van der Waals surface area contributed by atoms with Crippen LogP contribution >= 0.6 is 23.2 Å². The van der Waals surface area contributed by atoms with Gasteiger partial charge in [-0.15, -0.1) is 0 Å². The van der Waals surface area contributed by atoms with E-state index in [4.69, 9.17) is 23.2 Å². The lowest BCUT2D eigenvalue weighted by atomic mass is 10.0. The standard InChI is InChI=1S/C22H17Cl2N3O/c1-27-19-10-9-16(24)12-18(19)20(14-5-7-15(23)8-6-14)21(27)22(28)26-13-17-4-2-3-11-25-17/h2-12H,13H2,1H3,(H,26,28). The highest BCUT2D eigenvalue weighted by Crippen LogP contribution is 2.36. The molecule has 4 nitrogen and oxygen atoms in total. The second-order valence-electron chi connectivity index (χ2n) is 6.45. The predicted octanol–water partition coefficient (Wildman–Crippen LogP) is 5.48. The first kappa shape index (κ1) is 18.5. The normalized spacial score (nSPS) is 11.0. The number of halogens is 2. The molecule has 2 aromatic heterocycles. The quantitative estimate of drug-likeness (QED) is 0.485. The molecule has 0 saturated carbocycles. The van der Waals surface area contributed by atoms with Crippen molar-refractivity contribution in [2.45, 2.75) is 6.54 Å². The maximum absolute atomic E-state index is 13.1. The van der Waals surface area contributed by atoms with Crippen LogP contribution < -0.4 is 5.32 Å². The molecule has 0 spiro atoms. The van der Waals surface area contributed by atoms with Crippen molar-refractivity contribution in [1.82, 2.24) is 14.9 Å². The van der Waals surface area contributed by atoms with E-state index in [-0.39, 0.29) is 5.91 Å². The van der Waals surface area contributed by atoms with Gasteiger partial charge in [-0.2, -0.15) is 0 Å². The van der Waals surface area contributed by atoms with E-state index < -0.39 is 0 Å². The average Bonchev–Trinajstić information content (AvgIpc) is 2.99. The van der Waals surface area contributed by atoms with Crippen molar-refractivity contribution >= 4 is 40.0 Å². The van der Waals surface area contributed by atoms with Gasteiger partial charge in [-0.3, -0.25) is 9.78 Å². The molecule has 1 amide bonds. The average molecular weight is 410 g/mol. The van der Waals surface area contributed by atoms with E-state index in [0.717, 1.165) is 27.7 Å². The number of hydrogen-bond donors (Lipinski definition) is 1. The predicted molar refractivity (Wildman–Crippen MR) is 114 cm³/mol. The Bertz CT molecular complexity index is 1150. The summed E-state index contributed by atoms with van der Waals surface area (Å²) in [6.07, 6.45) is 1.71. The zero-order valence-electron chi connectivity index (χ0n) is 15.1. The van der Waals surface area contributed by atoms with Gasteiger partial charge in [-0.1, -0.05) is 41.4 Å². The Balaban J connectivity index is 1.82. The van der Waals surface area contributed by atoms with Gasteiger partial charge in [0.25, 0.3) is 5.91 Å². The number of carbonyl (C=O) groups excluding carboxylic acids is 1. The Kier molecular flexibility index (Phi) is 5.07. The van der Waals surface area contributed by atoms with Gasteiger partial charge in [-0.05, 0) is 48.0 Å². The Hall–Kier alpha value is -2.82. The van der Waals surface area contributed by atoms with Crippen LogP contribution in [0.4, 0.5) is 0 Å². The van der Waals surface area contributed by atoms with Gasteiger partial charge in [0.1, 0.15) is 5.69 Å². The van der Waals surface area contributed by atoms with Gasteiger partial charge in [0, 0.05) is 39.8 Å². The summed E-state index contributed by atoms with van der Waals surface area (Å²) < 4.78 is 1.89. The highest BCUT2D eigenvalue weighted by molar-refractivity contribution is 6.32. The molecule has 0 aliphatic carbocycles. The highest BCUT2D eigenvalue weighted by Gasteiger charge is 2.22. The van der Waals surface area contributed by atoms with Gasteiger partial charge >= 0.3 is 0 Å². The summed E-state index contributed by atoms with van der Waals surface area (Å²) in [6, 6.07) is 18.7. The molecule has 4 aromatic rings. The Morgan fingerprint density at radius 1 is 1.04 bits per heavy atom. The van der Waals surface area contributed by atoms with E-state index in [0.29, 0.717) is 22.3 Å². The van der Waals surface area contributed by atoms with Crippen molar-refractivity contribution in [3.8, 4) is 11.1 Å². The minimum absolute atomic E-state index is 0.176. The summed E-state index contributed by atoms with van der Waals surface area (Å²) in [7, 11) is 1.88. The molecule has 4 rings (SSSR count). The first-order valence-corrected chi connectivity index (χ1v) is 9.52. The van der Waals surface area contributed by atoms with Gasteiger partial charge in [0.05, 0.1) is 12.2 Å². The third kappa shape index (κ3) is 3.49. The number of amides is 1. The third-order valence-corrected chi connectivity index (χ3v) is 5.15. The van der Waals surface area contributed by atoms with Crippen molar-refractivity contribution < 1.29 is 4.79 Å². The molecule has 6 heteroatoms. The molecule has 140 valence electrons. The molecular weight excluding hydrogens is 393 g/mol. The highest BCUT2D eigenvalue weighted by atomic mass is 35.5. The number of benzene rings is 2. The summed E-state index contributed by atoms with van der Waals surface area (Å²) in [5.74, 6) is -0.176. The van der Waals surface area contributed by atoms with Gasteiger partial charge in [-0.25, -0.2) is 0 Å². The summed E-state index contributed by atoms with van der Waals surface area (Å²) in [5.41, 5.74) is 4.02. The van der Waals surface area contributed by atoms with Crippen LogP contribution in [0, 0.1) is 0 Å². The van der Waals surface area contributed by atoms with Crippen molar-refractivity contribution in [2.75, 3.05) is 0 Å². The molecule has 28 heavy (non-hydrogen) atoms. The van der Waals surface area contributed by atoms with Gasteiger partial charge < -0.3 is 9.88 Å². The molecule has 0 saturated heterocycles. The van der Waals surface area contributed by atoms with Crippen molar-refractivity contribution in [3.05, 3.63) is 88.3 Å². The fourth-order valence-corrected chi connectivity index (χ4v) is 3.65. The fraction of sp³-hybridized carbons (Fsp3) is 0.0909. The van der Waals surface area contributed by atoms with Crippen LogP contribution in [0.3, 0.4) is 0 Å². The van der Waals surface area contributed by atoms with Gasteiger partial charge in [0.15, 0.2) is 0 Å². The number of pyridine rings is 1. The minimum atomic E-state index is -0.176. The molecule has 2 heterocycles. The van der Waals surface area contributed by atoms with E-state index in [1.807, 2.05) is 72.3 Å². The monoisotopic (exact) mass is 409 g/mol. The second-order valence-corrected chi connectivity index (χ2v) is 7.33. The maximum atomic E-state index is 13.1. The van der Waals surface area contributed by atoms with E-state index in [1.54, 1.807) is 6.20 Å². The SMILES string of the molecule is Cn1c(C(=O)NCc2ccccn2)c(-c2ccc(Cl)cc2)c2cc(Cl)ccc21. The lowest BCUT2D eigenvalue weighted by molar-refractivity contribution is 0.0943. The Labute approximate surface area is 172 Å². The largest absolute Gasteiger partial charge is 0.345 e. The van der Waals surface area contributed by atoms with Crippen LogP contribution in [0.15, 0.2) is 66.9 Å². The molecule has 0 radical (unpaired) electrons. The smallest absolute Gasteiger partial charge is 0.268 e. The minimum Gasteiger partial charge on any atom is -0.345 e. The molecule has 0 atom stereocenters. The van der Waals surface area contributed by atoms with Crippen molar-refractivity contribution in [1.29, 1.82) is 0 Å². The number of rotatable bonds is 4. The Morgan fingerprint density at radius 3 is 2.50 bits per heavy atom. The first-order chi connectivity index (χ1) is 13.5. The molecule has 0 bridgehead atoms. The molecule has 1 N–H and O–H groups in total. The van der Waals surface area contributed by atoms with Crippen LogP contribution in [-0.2, 0) is 13.6 Å². The van der Waals surface area contributed by atoms with E-state index in [2.05, 4.69) is 10.3 Å². The van der Waals surface area contributed by atoms with Gasteiger partial charge in [0.2, 0.25) is 0 Å². The zero-order valence-corrected chi connectivity index (χ0v) is 16.6. The van der Waals surface area contributed by atoms with E-state index in [1.165, 1.54) is 0 Å². The molecule has 0 fully saturated rings. The molecule has 0 aliphatic rings. The number of hydrogen-bond acceptors (Lipinski definition) is 2. The van der Waals surface area contributed by atoms with Crippen molar-refractivity contribution in [2.24, 2.45) is 7.05 Å².